The van der Waals surface area contributed by atoms with Crippen molar-refractivity contribution in [1.82, 2.24) is 9.88 Å². The highest BCUT2D eigenvalue weighted by Gasteiger charge is 2.12. The lowest BCUT2D eigenvalue weighted by atomic mass is 10.1. The van der Waals surface area contributed by atoms with Gasteiger partial charge in [-0.2, -0.15) is 0 Å². The first-order valence-electron chi connectivity index (χ1n) is 11.6. The molecule has 0 unspecified atom stereocenters. The van der Waals surface area contributed by atoms with Crippen molar-refractivity contribution in [2.75, 3.05) is 47.1 Å². The molecule has 0 N–H and O–H groups in total. The standard InChI is InChI=1S/C28H30N2O5/c1-32-26-17-22(18-27(19-26)33-2)4-3-21-5-9-25(10-6-21)35-28(31)23-7-8-24(29-20-23)11-12-30-13-15-34-16-14-30/h3-10,17-20H,11-16H2,1-2H3. The van der Waals surface area contributed by atoms with E-state index in [4.69, 9.17) is 18.9 Å². The molecular formula is C28H30N2O5. The molecule has 2 heterocycles. The Balaban J connectivity index is 1.31. The normalized spacial score (nSPS) is 14.1. The van der Waals surface area contributed by atoms with Crippen LogP contribution in [-0.2, 0) is 11.2 Å². The number of carbonyl (C=O) groups excluding carboxylic acids is 1. The van der Waals surface area contributed by atoms with E-state index in [2.05, 4.69) is 9.88 Å². The highest BCUT2D eigenvalue weighted by Crippen LogP contribution is 2.24. The molecule has 1 fully saturated rings. The lowest BCUT2D eigenvalue weighted by molar-refractivity contribution is 0.0383. The van der Waals surface area contributed by atoms with Gasteiger partial charge in [-0.15, -0.1) is 0 Å². The zero-order valence-electron chi connectivity index (χ0n) is 20.1. The van der Waals surface area contributed by atoms with Gasteiger partial charge in [-0.1, -0.05) is 24.3 Å². The Kier molecular flexibility index (Phi) is 8.48. The molecule has 0 radical (unpaired) electrons. The van der Waals surface area contributed by atoms with Gasteiger partial charge in [-0.3, -0.25) is 9.88 Å². The van der Waals surface area contributed by atoms with Crippen LogP contribution in [0.1, 0.15) is 27.2 Å². The molecule has 4 rings (SSSR count). The number of pyridine rings is 1. The Morgan fingerprint density at radius 1 is 0.914 bits per heavy atom. The van der Waals surface area contributed by atoms with Crippen LogP contribution in [0.15, 0.2) is 60.8 Å². The number of nitrogens with zero attached hydrogens (tertiary/aromatic N) is 2. The second kappa shape index (κ2) is 12.1. The van der Waals surface area contributed by atoms with Crippen LogP contribution in [0.2, 0.25) is 0 Å². The summed E-state index contributed by atoms with van der Waals surface area (Å²) in [4.78, 5) is 19.3. The Morgan fingerprint density at radius 2 is 1.60 bits per heavy atom. The molecule has 2 aromatic carbocycles. The van der Waals surface area contributed by atoms with Crippen LogP contribution < -0.4 is 14.2 Å². The summed E-state index contributed by atoms with van der Waals surface area (Å²) in [6, 6.07) is 16.7. The van der Waals surface area contributed by atoms with E-state index in [1.807, 2.05) is 48.6 Å². The van der Waals surface area contributed by atoms with Gasteiger partial charge in [0.05, 0.1) is 33.0 Å². The molecule has 1 aromatic heterocycles. The van der Waals surface area contributed by atoms with Crippen molar-refractivity contribution in [2.45, 2.75) is 6.42 Å². The van der Waals surface area contributed by atoms with Crippen molar-refractivity contribution >= 4 is 18.1 Å². The topological polar surface area (TPSA) is 70.1 Å². The maximum atomic E-state index is 12.5. The number of methoxy groups -OCH3 is 2. The third kappa shape index (κ3) is 7.15. The SMILES string of the molecule is COc1cc(C=Cc2ccc(OC(=O)c3ccc(CCN4CCOCC4)nc3)cc2)cc(OC)c1. The van der Waals surface area contributed by atoms with Crippen LogP contribution in [0.3, 0.4) is 0 Å². The van der Waals surface area contributed by atoms with Crippen LogP contribution in [0.5, 0.6) is 17.2 Å². The van der Waals surface area contributed by atoms with Crippen molar-refractivity contribution in [3.63, 3.8) is 0 Å². The number of rotatable bonds is 9. The summed E-state index contributed by atoms with van der Waals surface area (Å²) in [7, 11) is 3.25. The summed E-state index contributed by atoms with van der Waals surface area (Å²) < 4.78 is 21.5. The molecule has 35 heavy (non-hydrogen) atoms. The molecule has 0 amide bonds. The molecule has 0 atom stereocenters. The zero-order chi connectivity index (χ0) is 24.5. The molecule has 7 nitrogen and oxygen atoms in total. The van der Waals surface area contributed by atoms with E-state index in [0.29, 0.717) is 11.3 Å². The van der Waals surface area contributed by atoms with Crippen molar-refractivity contribution in [3.8, 4) is 17.2 Å². The maximum Gasteiger partial charge on any atom is 0.345 e. The largest absolute Gasteiger partial charge is 0.497 e. The Labute approximate surface area is 205 Å². The van der Waals surface area contributed by atoms with Gasteiger partial charge in [0.15, 0.2) is 0 Å². The number of carbonyl (C=O) groups is 1. The maximum absolute atomic E-state index is 12.5. The van der Waals surface area contributed by atoms with Crippen molar-refractivity contribution in [1.29, 1.82) is 0 Å². The number of morpholine rings is 1. The molecule has 3 aromatic rings. The summed E-state index contributed by atoms with van der Waals surface area (Å²) >= 11 is 0. The van der Waals surface area contributed by atoms with Crippen molar-refractivity contribution in [3.05, 3.63) is 83.2 Å². The molecule has 0 aliphatic carbocycles. The lowest BCUT2D eigenvalue weighted by Gasteiger charge is -2.26. The Hall–Kier alpha value is -3.68. The zero-order valence-corrected chi connectivity index (χ0v) is 20.1. The van der Waals surface area contributed by atoms with Crippen LogP contribution in [0, 0.1) is 0 Å². The minimum absolute atomic E-state index is 0.427. The predicted molar refractivity (Wildman–Crippen MR) is 135 cm³/mol. The monoisotopic (exact) mass is 474 g/mol. The number of hydrogen-bond donors (Lipinski definition) is 0. The molecule has 1 saturated heterocycles. The average Bonchev–Trinajstić information content (AvgIpc) is 2.92. The number of aromatic nitrogens is 1. The van der Waals surface area contributed by atoms with Crippen LogP contribution in [-0.4, -0.2) is 62.9 Å². The summed E-state index contributed by atoms with van der Waals surface area (Å²) in [6.07, 6.45) is 6.36. The highest BCUT2D eigenvalue weighted by atomic mass is 16.5. The number of ether oxygens (including phenoxy) is 4. The molecule has 1 aliphatic heterocycles. The fourth-order valence-corrected chi connectivity index (χ4v) is 3.72. The van der Waals surface area contributed by atoms with Gasteiger partial charge in [0, 0.05) is 44.0 Å². The Morgan fingerprint density at radius 3 is 2.23 bits per heavy atom. The van der Waals surface area contributed by atoms with Crippen LogP contribution in [0.25, 0.3) is 12.2 Å². The van der Waals surface area contributed by atoms with Gasteiger partial charge >= 0.3 is 5.97 Å². The molecular weight excluding hydrogens is 444 g/mol. The lowest BCUT2D eigenvalue weighted by Crippen LogP contribution is -2.37. The van der Waals surface area contributed by atoms with E-state index >= 15 is 0 Å². The minimum Gasteiger partial charge on any atom is -0.497 e. The summed E-state index contributed by atoms with van der Waals surface area (Å²) in [5, 5.41) is 0. The van der Waals surface area contributed by atoms with E-state index in [1.165, 1.54) is 0 Å². The first kappa shape index (κ1) is 24.4. The summed E-state index contributed by atoms with van der Waals surface area (Å²) in [5.41, 5.74) is 3.31. The van der Waals surface area contributed by atoms with E-state index in [9.17, 15) is 4.79 Å². The predicted octanol–water partition coefficient (Wildman–Crippen LogP) is 4.36. The quantitative estimate of drug-likeness (QED) is 0.259. The number of hydrogen-bond acceptors (Lipinski definition) is 7. The molecule has 1 aliphatic rings. The van der Waals surface area contributed by atoms with E-state index in [1.54, 1.807) is 38.6 Å². The summed E-state index contributed by atoms with van der Waals surface area (Å²) in [6.45, 7) is 4.41. The van der Waals surface area contributed by atoms with Crippen molar-refractivity contribution in [2.24, 2.45) is 0 Å². The Bertz CT molecular complexity index is 1110. The smallest absolute Gasteiger partial charge is 0.345 e. The fraction of sp³-hybridized carbons (Fsp3) is 0.286. The molecule has 0 spiro atoms. The summed E-state index contributed by atoms with van der Waals surface area (Å²) in [5.74, 6) is 1.51. The molecule has 7 heteroatoms. The third-order valence-electron chi connectivity index (χ3n) is 5.78. The molecule has 182 valence electrons. The number of esters is 1. The van der Waals surface area contributed by atoms with Crippen molar-refractivity contribution < 1.29 is 23.7 Å². The second-order valence-electron chi connectivity index (χ2n) is 8.18. The van der Waals surface area contributed by atoms with E-state index in [0.717, 1.165) is 67.6 Å². The number of benzene rings is 2. The van der Waals surface area contributed by atoms with Crippen LogP contribution in [0.4, 0.5) is 0 Å². The van der Waals surface area contributed by atoms with Gasteiger partial charge in [0.2, 0.25) is 0 Å². The van der Waals surface area contributed by atoms with Gasteiger partial charge in [-0.25, -0.2) is 4.79 Å². The minimum atomic E-state index is -0.427. The third-order valence-corrected chi connectivity index (χ3v) is 5.78. The fourth-order valence-electron chi connectivity index (χ4n) is 3.72. The van der Waals surface area contributed by atoms with Gasteiger partial charge in [-0.05, 0) is 47.5 Å². The molecule has 0 bridgehead atoms. The highest BCUT2D eigenvalue weighted by molar-refractivity contribution is 5.90. The van der Waals surface area contributed by atoms with Gasteiger partial charge in [0.1, 0.15) is 17.2 Å². The van der Waals surface area contributed by atoms with Crippen LogP contribution >= 0.6 is 0 Å². The van der Waals surface area contributed by atoms with Gasteiger partial charge < -0.3 is 18.9 Å². The van der Waals surface area contributed by atoms with E-state index < -0.39 is 5.97 Å². The first-order chi connectivity index (χ1) is 17.1. The average molecular weight is 475 g/mol. The van der Waals surface area contributed by atoms with Gasteiger partial charge in [0.25, 0.3) is 0 Å². The second-order valence-corrected chi connectivity index (χ2v) is 8.18. The molecule has 0 saturated carbocycles. The van der Waals surface area contributed by atoms with E-state index in [-0.39, 0.29) is 0 Å². The first-order valence-corrected chi connectivity index (χ1v) is 11.6.